The number of rotatable bonds is 4. The molecule has 1 heterocycles. The van der Waals surface area contributed by atoms with Gasteiger partial charge in [-0.3, -0.25) is 0 Å². The predicted octanol–water partition coefficient (Wildman–Crippen LogP) is 2.76. The first-order valence-corrected chi connectivity index (χ1v) is 6.70. The predicted molar refractivity (Wildman–Crippen MR) is 79.5 cm³/mol. The van der Waals surface area contributed by atoms with Gasteiger partial charge in [0.25, 0.3) is 0 Å². The fourth-order valence-electron chi connectivity index (χ4n) is 1.75. The molecule has 0 aliphatic heterocycles. The number of nitriles is 1. The number of aromatic nitrogens is 2. The summed E-state index contributed by atoms with van der Waals surface area (Å²) in [5.74, 6) is 1.06. The van der Waals surface area contributed by atoms with Crippen LogP contribution in [-0.2, 0) is 6.54 Å². The van der Waals surface area contributed by atoms with E-state index in [4.69, 9.17) is 10.00 Å². The number of hydrogen-bond donors (Lipinski definition) is 0. The van der Waals surface area contributed by atoms with Crippen molar-refractivity contribution in [3.8, 4) is 11.9 Å². The van der Waals surface area contributed by atoms with Gasteiger partial charge in [0.1, 0.15) is 0 Å². The molecule has 0 N–H and O–H groups in total. The second-order valence-electron chi connectivity index (χ2n) is 4.20. The summed E-state index contributed by atoms with van der Waals surface area (Å²) in [7, 11) is 3.45. The lowest BCUT2D eigenvalue weighted by atomic mass is 10.1. The summed E-state index contributed by atoms with van der Waals surface area (Å²) in [5, 5.41) is 8.90. The highest BCUT2D eigenvalue weighted by atomic mass is 79.9. The van der Waals surface area contributed by atoms with Crippen LogP contribution in [0.3, 0.4) is 0 Å². The van der Waals surface area contributed by atoms with E-state index in [1.54, 1.807) is 19.4 Å². The minimum absolute atomic E-state index is 0.493. The second kappa shape index (κ2) is 6.35. The van der Waals surface area contributed by atoms with Crippen LogP contribution in [0, 0.1) is 11.3 Å². The number of anilines is 1. The van der Waals surface area contributed by atoms with E-state index in [1.165, 1.54) is 0 Å². The number of methoxy groups -OCH3 is 1. The van der Waals surface area contributed by atoms with E-state index >= 15 is 0 Å². The van der Waals surface area contributed by atoms with Crippen molar-refractivity contribution in [1.29, 1.82) is 5.26 Å². The standard InChI is InChI=1S/C14H13BrN4O/c1-19(9-11-5-3-4-10(6-11)7-16)14-17-8-12(15)13(18-14)20-2/h3-6,8H,9H2,1-2H3. The molecule has 0 amide bonds. The molecule has 2 rings (SSSR count). The monoisotopic (exact) mass is 332 g/mol. The quantitative estimate of drug-likeness (QED) is 0.861. The lowest BCUT2D eigenvalue weighted by Gasteiger charge is -2.17. The third-order valence-electron chi connectivity index (χ3n) is 2.71. The average Bonchev–Trinajstić information content (AvgIpc) is 2.47. The Kier molecular flexibility index (Phi) is 4.53. The van der Waals surface area contributed by atoms with Crippen LogP contribution >= 0.6 is 15.9 Å². The molecule has 1 aromatic carbocycles. The average molecular weight is 333 g/mol. The molecule has 0 fully saturated rings. The van der Waals surface area contributed by atoms with Crippen molar-refractivity contribution in [1.82, 2.24) is 9.97 Å². The molecule has 0 atom stereocenters. The van der Waals surface area contributed by atoms with Gasteiger partial charge in [0.05, 0.1) is 29.4 Å². The molecule has 5 nitrogen and oxygen atoms in total. The molecule has 0 spiro atoms. The van der Waals surface area contributed by atoms with Gasteiger partial charge >= 0.3 is 0 Å². The zero-order chi connectivity index (χ0) is 14.5. The van der Waals surface area contributed by atoms with Gasteiger partial charge in [0.2, 0.25) is 11.8 Å². The maximum Gasteiger partial charge on any atom is 0.232 e. The molecule has 0 unspecified atom stereocenters. The van der Waals surface area contributed by atoms with Gasteiger partial charge in [-0.2, -0.15) is 10.2 Å². The smallest absolute Gasteiger partial charge is 0.232 e. The van der Waals surface area contributed by atoms with Crippen molar-refractivity contribution in [2.75, 3.05) is 19.1 Å². The van der Waals surface area contributed by atoms with E-state index in [0.717, 1.165) is 5.56 Å². The SMILES string of the molecule is COc1nc(N(C)Cc2cccc(C#N)c2)ncc1Br. The van der Waals surface area contributed by atoms with Crippen molar-refractivity contribution in [3.05, 3.63) is 46.1 Å². The summed E-state index contributed by atoms with van der Waals surface area (Å²) >= 11 is 3.32. The zero-order valence-corrected chi connectivity index (χ0v) is 12.8. The van der Waals surface area contributed by atoms with Gasteiger partial charge in [-0.15, -0.1) is 0 Å². The van der Waals surface area contributed by atoms with Gasteiger partial charge < -0.3 is 9.64 Å². The topological polar surface area (TPSA) is 62.0 Å². The highest BCUT2D eigenvalue weighted by Gasteiger charge is 2.09. The van der Waals surface area contributed by atoms with E-state index in [1.807, 2.05) is 30.1 Å². The first kappa shape index (κ1) is 14.3. The van der Waals surface area contributed by atoms with Crippen LogP contribution in [0.5, 0.6) is 5.88 Å². The third-order valence-corrected chi connectivity index (χ3v) is 3.25. The summed E-state index contributed by atoms with van der Waals surface area (Å²) in [6, 6.07) is 9.60. The molecular weight excluding hydrogens is 320 g/mol. The van der Waals surface area contributed by atoms with Crippen LogP contribution in [0.4, 0.5) is 5.95 Å². The van der Waals surface area contributed by atoms with E-state index in [-0.39, 0.29) is 0 Å². The maximum absolute atomic E-state index is 8.90. The van der Waals surface area contributed by atoms with Crippen LogP contribution < -0.4 is 9.64 Å². The lowest BCUT2D eigenvalue weighted by Crippen LogP contribution is -2.19. The Morgan fingerprint density at radius 1 is 1.45 bits per heavy atom. The van der Waals surface area contributed by atoms with Crippen LogP contribution in [0.15, 0.2) is 34.9 Å². The zero-order valence-electron chi connectivity index (χ0n) is 11.2. The Balaban J connectivity index is 2.19. The molecule has 0 saturated carbocycles. The Morgan fingerprint density at radius 3 is 2.95 bits per heavy atom. The number of nitrogens with zero attached hydrogens (tertiary/aromatic N) is 4. The third kappa shape index (κ3) is 3.25. The molecule has 0 saturated heterocycles. The second-order valence-corrected chi connectivity index (χ2v) is 5.05. The van der Waals surface area contributed by atoms with Crippen LogP contribution in [0.25, 0.3) is 0 Å². The van der Waals surface area contributed by atoms with Gasteiger partial charge in [-0.05, 0) is 33.6 Å². The van der Waals surface area contributed by atoms with Crippen LogP contribution in [0.2, 0.25) is 0 Å². The number of ether oxygens (including phenoxy) is 1. The molecule has 6 heteroatoms. The Morgan fingerprint density at radius 2 is 2.25 bits per heavy atom. The fraction of sp³-hybridized carbons (Fsp3) is 0.214. The van der Waals surface area contributed by atoms with E-state index < -0.39 is 0 Å². The lowest BCUT2D eigenvalue weighted by molar-refractivity contribution is 0.394. The van der Waals surface area contributed by atoms with E-state index in [2.05, 4.69) is 32.0 Å². The van der Waals surface area contributed by atoms with E-state index in [0.29, 0.717) is 28.4 Å². The molecule has 0 aliphatic rings. The summed E-state index contributed by atoms with van der Waals surface area (Å²) in [6.07, 6.45) is 1.66. The van der Waals surface area contributed by atoms with Crippen molar-refractivity contribution >= 4 is 21.9 Å². The first-order valence-electron chi connectivity index (χ1n) is 5.90. The maximum atomic E-state index is 8.90. The Hall–Kier alpha value is -2.13. The van der Waals surface area contributed by atoms with Crippen LogP contribution in [-0.4, -0.2) is 24.1 Å². The summed E-state index contributed by atoms with van der Waals surface area (Å²) < 4.78 is 5.87. The number of benzene rings is 1. The summed E-state index contributed by atoms with van der Waals surface area (Å²) in [5.41, 5.74) is 1.67. The fourth-order valence-corrected chi connectivity index (χ4v) is 2.11. The highest BCUT2D eigenvalue weighted by molar-refractivity contribution is 9.10. The molecule has 20 heavy (non-hydrogen) atoms. The van der Waals surface area contributed by atoms with Gasteiger partial charge in [0.15, 0.2) is 0 Å². The summed E-state index contributed by atoms with van der Waals surface area (Å²) in [6.45, 7) is 0.611. The van der Waals surface area contributed by atoms with Gasteiger partial charge in [-0.1, -0.05) is 12.1 Å². The van der Waals surface area contributed by atoms with Crippen molar-refractivity contribution in [3.63, 3.8) is 0 Å². The van der Waals surface area contributed by atoms with Crippen LogP contribution in [0.1, 0.15) is 11.1 Å². The molecular formula is C14H13BrN4O. The van der Waals surface area contributed by atoms with E-state index in [9.17, 15) is 0 Å². The molecule has 0 aliphatic carbocycles. The molecule has 1 aromatic heterocycles. The normalized spacial score (nSPS) is 9.90. The summed E-state index contributed by atoms with van der Waals surface area (Å²) in [4.78, 5) is 10.5. The molecule has 0 radical (unpaired) electrons. The minimum atomic E-state index is 0.493. The Bertz CT molecular complexity index is 654. The van der Waals surface area contributed by atoms with Crippen molar-refractivity contribution in [2.24, 2.45) is 0 Å². The highest BCUT2D eigenvalue weighted by Crippen LogP contribution is 2.23. The van der Waals surface area contributed by atoms with Gasteiger partial charge in [0, 0.05) is 13.6 Å². The molecule has 2 aromatic rings. The first-order chi connectivity index (χ1) is 9.63. The molecule has 102 valence electrons. The number of hydrogen-bond acceptors (Lipinski definition) is 5. The van der Waals surface area contributed by atoms with Crippen molar-refractivity contribution in [2.45, 2.75) is 6.54 Å². The largest absolute Gasteiger partial charge is 0.480 e. The Labute approximate surface area is 126 Å². The van der Waals surface area contributed by atoms with Crippen molar-refractivity contribution < 1.29 is 4.74 Å². The van der Waals surface area contributed by atoms with Gasteiger partial charge in [-0.25, -0.2) is 4.98 Å². The molecule has 0 bridgehead atoms. The number of halogens is 1. The minimum Gasteiger partial charge on any atom is -0.480 e.